The molecule has 0 aliphatic rings. The monoisotopic (exact) mass is 300 g/mol. The van der Waals surface area contributed by atoms with Crippen LogP contribution in [-0.2, 0) is 4.79 Å². The highest BCUT2D eigenvalue weighted by Crippen LogP contribution is 2.18. The van der Waals surface area contributed by atoms with Crippen LogP contribution in [0.3, 0.4) is 0 Å². The van der Waals surface area contributed by atoms with E-state index in [1.54, 1.807) is 24.3 Å². The topological polar surface area (TPSA) is 54.1 Å². The van der Waals surface area contributed by atoms with E-state index in [-0.39, 0.29) is 12.5 Å². The van der Waals surface area contributed by atoms with Gasteiger partial charge < -0.3 is 15.0 Å². The number of H-pyrrole nitrogens is 1. The number of amides is 1. The minimum atomic E-state index is -0.208. The Bertz CT molecular complexity index is 765. The second kappa shape index (κ2) is 5.89. The van der Waals surface area contributed by atoms with Crippen LogP contribution in [0.15, 0.2) is 54.7 Å². The van der Waals surface area contributed by atoms with Gasteiger partial charge in [0.1, 0.15) is 5.75 Å². The number of carbonyl (C=O) groups excluding carboxylic acids is 1. The van der Waals surface area contributed by atoms with E-state index in [1.807, 2.05) is 30.5 Å². The van der Waals surface area contributed by atoms with Crippen molar-refractivity contribution in [3.8, 4) is 5.75 Å². The number of hydrogen-bond donors (Lipinski definition) is 2. The summed E-state index contributed by atoms with van der Waals surface area (Å²) < 4.78 is 5.39. The summed E-state index contributed by atoms with van der Waals surface area (Å²) in [6, 6.07) is 14.5. The number of halogens is 1. The third-order valence-corrected chi connectivity index (χ3v) is 3.27. The Balaban J connectivity index is 1.59. The van der Waals surface area contributed by atoms with E-state index in [1.165, 1.54) is 0 Å². The maximum atomic E-state index is 11.9. The summed E-state index contributed by atoms with van der Waals surface area (Å²) >= 11 is 5.78. The molecule has 2 N–H and O–H groups in total. The van der Waals surface area contributed by atoms with Crippen molar-refractivity contribution in [2.75, 3.05) is 11.9 Å². The smallest absolute Gasteiger partial charge is 0.262 e. The number of carbonyl (C=O) groups is 1. The Kier molecular flexibility index (Phi) is 3.79. The van der Waals surface area contributed by atoms with Crippen LogP contribution in [0.5, 0.6) is 5.75 Å². The molecule has 1 amide bonds. The summed E-state index contributed by atoms with van der Waals surface area (Å²) in [6.45, 7) is -0.0488. The van der Waals surface area contributed by atoms with E-state index < -0.39 is 0 Å². The van der Waals surface area contributed by atoms with Crippen LogP contribution < -0.4 is 10.1 Å². The van der Waals surface area contributed by atoms with Gasteiger partial charge in [0, 0.05) is 27.8 Å². The van der Waals surface area contributed by atoms with E-state index in [2.05, 4.69) is 10.3 Å². The average molecular weight is 301 g/mol. The van der Waals surface area contributed by atoms with Gasteiger partial charge in [-0.2, -0.15) is 0 Å². The van der Waals surface area contributed by atoms with Crippen LogP contribution in [-0.4, -0.2) is 17.5 Å². The van der Waals surface area contributed by atoms with Gasteiger partial charge in [0.15, 0.2) is 6.61 Å². The number of hydrogen-bond acceptors (Lipinski definition) is 2. The summed E-state index contributed by atoms with van der Waals surface area (Å²) in [5.74, 6) is 0.399. The first kappa shape index (κ1) is 13.5. The van der Waals surface area contributed by atoms with Crippen LogP contribution in [0, 0.1) is 0 Å². The van der Waals surface area contributed by atoms with Crippen LogP contribution in [0.1, 0.15) is 0 Å². The number of benzene rings is 2. The molecule has 5 heteroatoms. The van der Waals surface area contributed by atoms with Crippen molar-refractivity contribution in [1.82, 2.24) is 4.98 Å². The lowest BCUT2D eigenvalue weighted by molar-refractivity contribution is -0.118. The number of aromatic nitrogens is 1. The number of nitrogens with one attached hydrogen (secondary N) is 2. The van der Waals surface area contributed by atoms with Gasteiger partial charge in [0.25, 0.3) is 5.91 Å². The van der Waals surface area contributed by atoms with Gasteiger partial charge in [0.05, 0.1) is 0 Å². The van der Waals surface area contributed by atoms with Gasteiger partial charge in [-0.15, -0.1) is 0 Å². The second-order valence-corrected chi connectivity index (χ2v) is 5.01. The first-order chi connectivity index (χ1) is 10.2. The van der Waals surface area contributed by atoms with Gasteiger partial charge in [-0.05, 0) is 48.5 Å². The predicted molar refractivity (Wildman–Crippen MR) is 83.9 cm³/mol. The van der Waals surface area contributed by atoms with Crippen molar-refractivity contribution < 1.29 is 9.53 Å². The predicted octanol–water partition coefficient (Wildman–Crippen LogP) is 3.84. The lowest BCUT2D eigenvalue weighted by atomic mass is 10.2. The van der Waals surface area contributed by atoms with Crippen molar-refractivity contribution in [2.24, 2.45) is 0 Å². The molecule has 3 rings (SSSR count). The molecule has 2 aromatic carbocycles. The highest BCUT2D eigenvalue weighted by atomic mass is 35.5. The van der Waals surface area contributed by atoms with Crippen LogP contribution in [0.2, 0.25) is 5.02 Å². The maximum absolute atomic E-state index is 11.9. The summed E-state index contributed by atoms with van der Waals surface area (Å²) in [4.78, 5) is 15.0. The average Bonchev–Trinajstić information content (AvgIpc) is 2.94. The van der Waals surface area contributed by atoms with Gasteiger partial charge >= 0.3 is 0 Å². The molecule has 0 radical (unpaired) electrons. The molecule has 21 heavy (non-hydrogen) atoms. The van der Waals surface area contributed by atoms with Crippen LogP contribution in [0.4, 0.5) is 5.69 Å². The highest BCUT2D eigenvalue weighted by molar-refractivity contribution is 6.30. The molecule has 0 aliphatic heterocycles. The quantitative estimate of drug-likeness (QED) is 0.769. The SMILES string of the molecule is O=C(COc1ccc(Cl)cc1)Nc1ccc2[nH]ccc2c1. The molecular formula is C16H13ClN2O2. The Morgan fingerprint density at radius 2 is 1.95 bits per heavy atom. The van der Waals surface area contributed by atoms with Crippen LogP contribution >= 0.6 is 11.6 Å². The molecular weight excluding hydrogens is 288 g/mol. The summed E-state index contributed by atoms with van der Waals surface area (Å²) in [5, 5.41) is 4.48. The first-order valence-electron chi connectivity index (χ1n) is 6.46. The van der Waals surface area contributed by atoms with Gasteiger partial charge in [-0.25, -0.2) is 0 Å². The Morgan fingerprint density at radius 1 is 1.14 bits per heavy atom. The van der Waals surface area contributed by atoms with Gasteiger partial charge in [0.2, 0.25) is 0 Å². The Hall–Kier alpha value is -2.46. The molecule has 1 aromatic heterocycles. The van der Waals surface area contributed by atoms with Crippen molar-refractivity contribution in [3.05, 3.63) is 59.8 Å². The molecule has 3 aromatic rings. The van der Waals surface area contributed by atoms with Crippen molar-refractivity contribution >= 4 is 34.1 Å². The van der Waals surface area contributed by atoms with Crippen molar-refractivity contribution in [3.63, 3.8) is 0 Å². The lowest BCUT2D eigenvalue weighted by Crippen LogP contribution is -2.20. The fraction of sp³-hybridized carbons (Fsp3) is 0.0625. The zero-order valence-electron chi connectivity index (χ0n) is 11.1. The summed E-state index contributed by atoms with van der Waals surface area (Å²) in [5.41, 5.74) is 1.78. The Labute approximate surface area is 126 Å². The Morgan fingerprint density at radius 3 is 2.76 bits per heavy atom. The molecule has 0 atom stereocenters. The fourth-order valence-electron chi connectivity index (χ4n) is 2.01. The number of anilines is 1. The summed E-state index contributed by atoms with van der Waals surface area (Å²) in [7, 11) is 0. The number of ether oxygens (including phenoxy) is 1. The number of rotatable bonds is 4. The zero-order valence-corrected chi connectivity index (χ0v) is 11.9. The normalized spacial score (nSPS) is 10.5. The molecule has 0 fully saturated rings. The molecule has 1 heterocycles. The van der Waals surface area contributed by atoms with Crippen molar-refractivity contribution in [1.29, 1.82) is 0 Å². The standard InChI is InChI=1S/C16H13ClN2O2/c17-12-1-4-14(5-2-12)21-10-16(20)19-13-3-6-15-11(9-13)7-8-18-15/h1-9,18H,10H2,(H,19,20). The molecule has 0 aliphatic carbocycles. The van der Waals surface area contributed by atoms with E-state index in [0.29, 0.717) is 10.8 Å². The minimum absolute atomic E-state index is 0.0488. The molecule has 0 spiro atoms. The van der Waals surface area contributed by atoms with E-state index in [0.717, 1.165) is 16.6 Å². The molecule has 0 bridgehead atoms. The largest absolute Gasteiger partial charge is 0.484 e. The number of fused-ring (bicyclic) bond motifs is 1. The first-order valence-corrected chi connectivity index (χ1v) is 6.84. The highest BCUT2D eigenvalue weighted by Gasteiger charge is 2.05. The van der Waals surface area contributed by atoms with Crippen molar-refractivity contribution in [2.45, 2.75) is 0 Å². The van der Waals surface area contributed by atoms with E-state index in [4.69, 9.17) is 16.3 Å². The van der Waals surface area contributed by atoms with E-state index in [9.17, 15) is 4.79 Å². The van der Waals surface area contributed by atoms with E-state index >= 15 is 0 Å². The third kappa shape index (κ3) is 3.35. The molecule has 0 saturated carbocycles. The maximum Gasteiger partial charge on any atom is 0.262 e. The third-order valence-electron chi connectivity index (χ3n) is 3.02. The fourth-order valence-corrected chi connectivity index (χ4v) is 2.13. The molecule has 4 nitrogen and oxygen atoms in total. The van der Waals surface area contributed by atoms with Crippen LogP contribution in [0.25, 0.3) is 10.9 Å². The van der Waals surface area contributed by atoms with Gasteiger partial charge in [-0.1, -0.05) is 11.6 Å². The number of aromatic amines is 1. The molecule has 0 unspecified atom stereocenters. The minimum Gasteiger partial charge on any atom is -0.484 e. The zero-order chi connectivity index (χ0) is 14.7. The summed E-state index contributed by atoms with van der Waals surface area (Å²) in [6.07, 6.45) is 1.86. The second-order valence-electron chi connectivity index (χ2n) is 4.57. The molecule has 0 saturated heterocycles. The lowest BCUT2D eigenvalue weighted by Gasteiger charge is -2.07. The van der Waals surface area contributed by atoms with Gasteiger partial charge in [-0.3, -0.25) is 4.79 Å². The molecule has 106 valence electrons.